The summed E-state index contributed by atoms with van der Waals surface area (Å²) in [5.41, 5.74) is 1.64. The van der Waals surface area contributed by atoms with Crippen LogP contribution in [0.5, 0.6) is 0 Å². The second kappa shape index (κ2) is 6.36. The molecule has 4 heteroatoms. The van der Waals surface area contributed by atoms with E-state index in [1.54, 1.807) is 13.4 Å². The molecule has 1 aliphatic rings. The van der Waals surface area contributed by atoms with E-state index in [0.717, 1.165) is 29.7 Å². The van der Waals surface area contributed by atoms with E-state index in [2.05, 4.69) is 0 Å². The van der Waals surface area contributed by atoms with E-state index in [0.29, 0.717) is 12.6 Å². The first-order chi connectivity index (χ1) is 10.7. The van der Waals surface area contributed by atoms with Gasteiger partial charge in [-0.05, 0) is 43.5 Å². The van der Waals surface area contributed by atoms with Gasteiger partial charge >= 0.3 is 0 Å². The van der Waals surface area contributed by atoms with E-state index < -0.39 is 0 Å². The predicted molar refractivity (Wildman–Crippen MR) is 83.5 cm³/mol. The molecule has 1 fully saturated rings. The van der Waals surface area contributed by atoms with Crippen LogP contribution < -0.4 is 0 Å². The zero-order chi connectivity index (χ0) is 15.5. The Labute approximate surface area is 130 Å². The Morgan fingerprint density at radius 1 is 1.32 bits per heavy atom. The summed E-state index contributed by atoms with van der Waals surface area (Å²) in [4.78, 5) is 15.0. The second-order valence-corrected chi connectivity index (χ2v) is 5.73. The molecule has 1 aromatic heterocycles. The van der Waals surface area contributed by atoms with Gasteiger partial charge in [0.15, 0.2) is 0 Å². The molecule has 0 aliphatic heterocycles. The molecule has 1 saturated carbocycles. The Bertz CT molecular complexity index is 632. The summed E-state index contributed by atoms with van der Waals surface area (Å²) in [7, 11) is 1.64. The summed E-state index contributed by atoms with van der Waals surface area (Å²) >= 11 is 0. The van der Waals surface area contributed by atoms with Crippen LogP contribution in [0.4, 0.5) is 0 Å². The lowest BCUT2D eigenvalue weighted by atomic mass is 10.1. The molecule has 116 valence electrons. The van der Waals surface area contributed by atoms with Gasteiger partial charge in [-0.15, -0.1) is 0 Å². The van der Waals surface area contributed by atoms with Crippen molar-refractivity contribution >= 4 is 5.91 Å². The summed E-state index contributed by atoms with van der Waals surface area (Å²) in [5.74, 6) is 0.878. The Morgan fingerprint density at radius 2 is 2.09 bits per heavy atom. The molecular weight excluding hydrogens is 278 g/mol. The molecule has 0 N–H and O–H groups in total. The molecule has 1 heterocycles. The number of nitrogens with zero attached hydrogens (tertiary/aromatic N) is 1. The molecule has 0 spiro atoms. The molecule has 0 bridgehead atoms. The van der Waals surface area contributed by atoms with Crippen molar-refractivity contribution in [2.24, 2.45) is 0 Å². The molecule has 1 unspecified atom stereocenters. The number of amides is 1. The molecule has 0 saturated heterocycles. The number of carbonyl (C=O) groups is 1. The molecule has 1 atom stereocenters. The minimum atomic E-state index is -0.0643. The monoisotopic (exact) mass is 299 g/mol. The van der Waals surface area contributed by atoms with Crippen molar-refractivity contribution < 1.29 is 13.9 Å². The smallest absolute Gasteiger partial charge is 0.255 e. The van der Waals surface area contributed by atoms with Crippen molar-refractivity contribution in [2.75, 3.05) is 7.11 Å². The summed E-state index contributed by atoms with van der Waals surface area (Å²) in [6.07, 6.45) is 3.77. The Hall–Kier alpha value is -2.07. The van der Waals surface area contributed by atoms with Crippen LogP contribution in [0.15, 0.2) is 47.1 Å². The van der Waals surface area contributed by atoms with Gasteiger partial charge in [0.25, 0.3) is 5.91 Å². The summed E-state index contributed by atoms with van der Waals surface area (Å²) in [6, 6.07) is 11.7. The lowest BCUT2D eigenvalue weighted by Crippen LogP contribution is -2.36. The maximum absolute atomic E-state index is 13.1. The first kappa shape index (κ1) is 14.9. The molecule has 3 rings (SSSR count). The van der Waals surface area contributed by atoms with Gasteiger partial charge in [-0.3, -0.25) is 4.79 Å². The van der Waals surface area contributed by atoms with E-state index in [4.69, 9.17) is 9.15 Å². The van der Waals surface area contributed by atoms with Gasteiger partial charge in [0.2, 0.25) is 0 Å². The molecule has 4 nitrogen and oxygen atoms in total. The van der Waals surface area contributed by atoms with Gasteiger partial charge in [-0.1, -0.05) is 18.2 Å². The highest BCUT2D eigenvalue weighted by atomic mass is 16.5. The third kappa shape index (κ3) is 2.92. The van der Waals surface area contributed by atoms with Crippen LogP contribution in [-0.2, 0) is 11.3 Å². The van der Waals surface area contributed by atoms with Crippen LogP contribution in [0, 0.1) is 0 Å². The van der Waals surface area contributed by atoms with Crippen LogP contribution in [-0.4, -0.2) is 24.0 Å². The first-order valence-corrected chi connectivity index (χ1v) is 7.65. The van der Waals surface area contributed by atoms with Crippen LogP contribution in [0.1, 0.15) is 47.5 Å². The quantitative estimate of drug-likeness (QED) is 0.815. The van der Waals surface area contributed by atoms with E-state index in [-0.39, 0.29) is 11.9 Å². The van der Waals surface area contributed by atoms with Crippen LogP contribution in [0.3, 0.4) is 0 Å². The number of carbonyl (C=O) groups excluding carboxylic acids is 1. The van der Waals surface area contributed by atoms with Gasteiger partial charge < -0.3 is 14.1 Å². The third-order valence-corrected chi connectivity index (χ3v) is 4.09. The number of furan rings is 1. The molecular formula is C18H21NO3. The standard InChI is InChI=1S/C18H21NO3/c1-13(17-8-5-11-22-17)19(15-9-10-15)18(20)16-7-4-3-6-14(16)12-21-2/h3-8,11,13,15H,9-10,12H2,1-2H3. The van der Waals surface area contributed by atoms with Crippen molar-refractivity contribution in [1.29, 1.82) is 0 Å². The summed E-state index contributed by atoms with van der Waals surface area (Å²) in [6.45, 7) is 2.46. The third-order valence-electron chi connectivity index (χ3n) is 4.09. The topological polar surface area (TPSA) is 42.7 Å². The van der Waals surface area contributed by atoms with Gasteiger partial charge in [0.1, 0.15) is 5.76 Å². The van der Waals surface area contributed by atoms with Crippen molar-refractivity contribution in [3.63, 3.8) is 0 Å². The Balaban J connectivity index is 1.90. The Morgan fingerprint density at radius 3 is 2.73 bits per heavy atom. The molecule has 1 amide bonds. The highest BCUT2D eigenvalue weighted by Gasteiger charge is 2.38. The van der Waals surface area contributed by atoms with E-state index in [1.165, 1.54) is 0 Å². The van der Waals surface area contributed by atoms with Crippen molar-refractivity contribution in [2.45, 2.75) is 38.5 Å². The zero-order valence-corrected chi connectivity index (χ0v) is 13.0. The lowest BCUT2D eigenvalue weighted by Gasteiger charge is -2.29. The predicted octanol–water partition coefficient (Wildman–Crippen LogP) is 3.79. The molecule has 0 radical (unpaired) electrons. The minimum Gasteiger partial charge on any atom is -0.467 e. The number of ether oxygens (including phenoxy) is 1. The molecule has 22 heavy (non-hydrogen) atoms. The highest BCUT2D eigenvalue weighted by Crippen LogP contribution is 2.36. The van der Waals surface area contributed by atoms with E-state index in [9.17, 15) is 4.79 Å². The highest BCUT2D eigenvalue weighted by molar-refractivity contribution is 5.96. The number of hydrogen-bond acceptors (Lipinski definition) is 3. The maximum atomic E-state index is 13.1. The number of benzene rings is 1. The van der Waals surface area contributed by atoms with Crippen molar-refractivity contribution in [1.82, 2.24) is 4.90 Å². The summed E-state index contributed by atoms with van der Waals surface area (Å²) < 4.78 is 10.7. The number of methoxy groups -OCH3 is 1. The van der Waals surface area contributed by atoms with Gasteiger partial charge in [0.05, 0.1) is 18.9 Å². The normalized spacial score (nSPS) is 15.5. The average Bonchev–Trinajstić information content (AvgIpc) is 3.20. The van der Waals surface area contributed by atoms with Crippen LogP contribution >= 0.6 is 0 Å². The molecule has 1 aliphatic carbocycles. The fourth-order valence-electron chi connectivity index (χ4n) is 2.83. The van der Waals surface area contributed by atoms with E-state index in [1.807, 2.05) is 48.2 Å². The fourth-order valence-corrected chi connectivity index (χ4v) is 2.83. The molecule has 2 aromatic rings. The average molecular weight is 299 g/mol. The maximum Gasteiger partial charge on any atom is 0.255 e. The Kier molecular flexibility index (Phi) is 4.29. The van der Waals surface area contributed by atoms with Crippen molar-refractivity contribution in [3.05, 3.63) is 59.5 Å². The SMILES string of the molecule is COCc1ccccc1C(=O)N(C1CC1)C(C)c1ccco1. The molecule has 1 aromatic carbocycles. The fraction of sp³-hybridized carbons (Fsp3) is 0.389. The largest absolute Gasteiger partial charge is 0.467 e. The van der Waals surface area contributed by atoms with Crippen molar-refractivity contribution in [3.8, 4) is 0 Å². The lowest BCUT2D eigenvalue weighted by molar-refractivity contribution is 0.0648. The first-order valence-electron chi connectivity index (χ1n) is 7.65. The van der Waals surface area contributed by atoms with Crippen LogP contribution in [0.2, 0.25) is 0 Å². The summed E-state index contributed by atoms with van der Waals surface area (Å²) in [5, 5.41) is 0. The van der Waals surface area contributed by atoms with Crippen LogP contribution in [0.25, 0.3) is 0 Å². The number of hydrogen-bond donors (Lipinski definition) is 0. The minimum absolute atomic E-state index is 0.0547. The van der Waals surface area contributed by atoms with E-state index >= 15 is 0 Å². The van der Waals surface area contributed by atoms with Gasteiger partial charge in [0, 0.05) is 18.7 Å². The number of rotatable bonds is 6. The van der Waals surface area contributed by atoms with Gasteiger partial charge in [-0.2, -0.15) is 0 Å². The zero-order valence-electron chi connectivity index (χ0n) is 13.0. The second-order valence-electron chi connectivity index (χ2n) is 5.73. The van der Waals surface area contributed by atoms with Gasteiger partial charge in [-0.25, -0.2) is 0 Å².